The van der Waals surface area contributed by atoms with E-state index in [0.717, 1.165) is 6.42 Å². The summed E-state index contributed by atoms with van der Waals surface area (Å²) in [4.78, 5) is 1.73. The Morgan fingerprint density at radius 1 is 1.33 bits per heavy atom. The van der Waals surface area contributed by atoms with Crippen molar-refractivity contribution in [3.8, 4) is 0 Å². The van der Waals surface area contributed by atoms with E-state index < -0.39 is 8.07 Å². The zero-order chi connectivity index (χ0) is 9.78. The average Bonchev–Trinajstić information content (AvgIpc) is 1.99. The molecule has 1 N–H and O–H groups in total. The van der Waals surface area contributed by atoms with E-state index in [4.69, 9.17) is 5.11 Å². The third-order valence-electron chi connectivity index (χ3n) is 2.73. The van der Waals surface area contributed by atoms with Crippen LogP contribution in [0.15, 0.2) is 10.4 Å². The van der Waals surface area contributed by atoms with E-state index in [-0.39, 0.29) is 0 Å². The molecule has 0 spiro atoms. The van der Waals surface area contributed by atoms with Crippen LogP contribution >= 0.6 is 0 Å². The lowest BCUT2D eigenvalue weighted by atomic mass is 10.4. The average molecular weight is 202 g/mol. The van der Waals surface area contributed by atoms with Crippen LogP contribution in [0.1, 0.15) is 20.3 Å². The van der Waals surface area contributed by atoms with Crippen molar-refractivity contribution in [2.24, 2.45) is 0 Å². The van der Waals surface area contributed by atoms with Crippen LogP contribution in [-0.4, -0.2) is 30.0 Å². The molecule has 1 nitrogen and oxygen atoms in total. The molecule has 0 bridgehead atoms. The number of rotatable bonds is 4. The van der Waals surface area contributed by atoms with Gasteiger partial charge in [-0.2, -0.15) is 0 Å². The van der Waals surface area contributed by atoms with Gasteiger partial charge in [0.05, 0.1) is 8.07 Å². The fraction of sp³-hybridized carbons (Fsp3) is 0.778. The molecule has 0 saturated heterocycles. The number of aliphatic hydroxyl groups excluding tert-OH is 1. The van der Waals surface area contributed by atoms with Crippen LogP contribution in [0, 0.1) is 0 Å². The van der Waals surface area contributed by atoms with Crippen molar-refractivity contribution in [2.45, 2.75) is 39.4 Å². The van der Waals surface area contributed by atoms with Gasteiger partial charge in [-0.3, -0.25) is 0 Å². The highest BCUT2D eigenvalue weighted by Gasteiger charge is 2.22. The van der Waals surface area contributed by atoms with Gasteiger partial charge >= 0.3 is 0 Å². The highest BCUT2D eigenvalue weighted by atomic mass is 28.4. The molecule has 0 aromatic rings. The van der Waals surface area contributed by atoms with Crippen LogP contribution in [0.2, 0.25) is 19.1 Å². The Balaban J connectivity index is 4.29. The van der Waals surface area contributed by atoms with Gasteiger partial charge in [0, 0.05) is 16.8 Å². The van der Waals surface area contributed by atoms with Crippen LogP contribution in [0.5, 0.6) is 0 Å². The standard InChI is InChI=1S/C9H22OSi2/c1-8(2)9(11)12(3,4)7-5-6-10/h10H,5-7H2,1-4,11H3. The van der Waals surface area contributed by atoms with Crippen molar-refractivity contribution >= 4 is 18.3 Å². The summed E-state index contributed by atoms with van der Waals surface area (Å²) in [5.41, 5.74) is 1.52. The topological polar surface area (TPSA) is 20.2 Å². The van der Waals surface area contributed by atoms with Crippen molar-refractivity contribution in [2.75, 3.05) is 6.61 Å². The Morgan fingerprint density at radius 3 is 2.17 bits per heavy atom. The minimum atomic E-state index is -1.11. The summed E-state index contributed by atoms with van der Waals surface area (Å²) in [6.07, 6.45) is 0.984. The number of aliphatic hydroxyl groups is 1. The molecular formula is C9H22OSi2. The molecule has 0 saturated carbocycles. The highest BCUT2D eigenvalue weighted by Crippen LogP contribution is 2.21. The van der Waals surface area contributed by atoms with Crippen LogP contribution in [0.3, 0.4) is 0 Å². The van der Waals surface area contributed by atoms with Crippen molar-refractivity contribution < 1.29 is 5.11 Å². The molecule has 0 aliphatic rings. The van der Waals surface area contributed by atoms with E-state index in [0.29, 0.717) is 6.61 Å². The molecule has 0 fully saturated rings. The monoisotopic (exact) mass is 202 g/mol. The predicted molar refractivity (Wildman–Crippen MR) is 62.3 cm³/mol. The smallest absolute Gasteiger partial charge is 0.0700 e. The minimum Gasteiger partial charge on any atom is -0.396 e. The lowest BCUT2D eigenvalue weighted by Gasteiger charge is -2.24. The molecule has 0 aliphatic carbocycles. The normalized spacial score (nSPS) is 11.8. The molecule has 0 aromatic carbocycles. The van der Waals surface area contributed by atoms with Gasteiger partial charge < -0.3 is 5.11 Å². The molecular weight excluding hydrogens is 180 g/mol. The molecule has 0 heterocycles. The first-order valence-electron chi connectivity index (χ1n) is 4.67. The minimum absolute atomic E-state index is 0.355. The Labute approximate surface area is 80.3 Å². The maximum absolute atomic E-state index is 8.77. The first-order valence-corrected chi connectivity index (χ1v) is 8.88. The maximum atomic E-state index is 8.77. The molecule has 12 heavy (non-hydrogen) atoms. The number of hydrogen-bond donors (Lipinski definition) is 1. The second kappa shape index (κ2) is 4.99. The fourth-order valence-electron chi connectivity index (χ4n) is 1.39. The third kappa shape index (κ3) is 3.69. The lowest BCUT2D eigenvalue weighted by molar-refractivity contribution is 0.294. The molecule has 0 amide bonds. The number of hydrogen-bond acceptors (Lipinski definition) is 1. The molecule has 72 valence electrons. The van der Waals surface area contributed by atoms with Crippen molar-refractivity contribution in [1.29, 1.82) is 0 Å². The van der Waals surface area contributed by atoms with Crippen molar-refractivity contribution in [3.05, 3.63) is 10.4 Å². The SMILES string of the molecule is CC(C)=C([SiH3])[Si](C)(C)CCCO. The van der Waals surface area contributed by atoms with E-state index in [1.165, 1.54) is 21.9 Å². The predicted octanol–water partition coefficient (Wildman–Crippen LogP) is 1.28. The van der Waals surface area contributed by atoms with Crippen LogP contribution in [0.4, 0.5) is 0 Å². The van der Waals surface area contributed by atoms with Gasteiger partial charge in [0.1, 0.15) is 0 Å². The number of allylic oxidation sites excluding steroid dienone is 1. The quantitative estimate of drug-likeness (QED) is 0.681. The summed E-state index contributed by atoms with van der Waals surface area (Å²) in [5.74, 6) is 0. The Hall–Kier alpha value is 0.134. The summed E-state index contributed by atoms with van der Waals surface area (Å²) in [6, 6.07) is 1.24. The first-order chi connectivity index (χ1) is 5.41. The van der Waals surface area contributed by atoms with Crippen molar-refractivity contribution in [3.63, 3.8) is 0 Å². The summed E-state index contributed by atoms with van der Waals surface area (Å²) < 4.78 is 0. The molecule has 0 aromatic heterocycles. The van der Waals surface area contributed by atoms with Gasteiger partial charge in [0.25, 0.3) is 0 Å². The van der Waals surface area contributed by atoms with Gasteiger partial charge in [-0.15, -0.1) is 4.82 Å². The van der Waals surface area contributed by atoms with E-state index in [1.54, 1.807) is 4.82 Å². The Morgan fingerprint density at radius 2 is 1.83 bits per heavy atom. The van der Waals surface area contributed by atoms with E-state index >= 15 is 0 Å². The summed E-state index contributed by atoms with van der Waals surface area (Å²) in [5, 5.41) is 8.77. The van der Waals surface area contributed by atoms with Gasteiger partial charge in [-0.1, -0.05) is 24.7 Å². The molecule has 0 radical (unpaired) electrons. The van der Waals surface area contributed by atoms with Gasteiger partial charge in [-0.25, -0.2) is 0 Å². The van der Waals surface area contributed by atoms with E-state index in [1.807, 2.05) is 0 Å². The van der Waals surface area contributed by atoms with Crippen molar-refractivity contribution in [1.82, 2.24) is 0 Å². The second-order valence-corrected chi connectivity index (χ2v) is 11.4. The molecule has 3 heteroatoms. The van der Waals surface area contributed by atoms with Gasteiger partial charge in [0.15, 0.2) is 0 Å². The zero-order valence-electron chi connectivity index (χ0n) is 9.07. The first kappa shape index (κ1) is 12.1. The Bertz CT molecular complexity index is 169. The summed E-state index contributed by atoms with van der Waals surface area (Å²) >= 11 is 0. The Kier molecular flexibility index (Phi) is 5.05. The zero-order valence-corrected chi connectivity index (χ0v) is 12.1. The summed E-state index contributed by atoms with van der Waals surface area (Å²) in [7, 11) is 0.0990. The third-order valence-corrected chi connectivity index (χ3v) is 11.9. The molecule has 0 atom stereocenters. The van der Waals surface area contributed by atoms with E-state index in [2.05, 4.69) is 26.9 Å². The van der Waals surface area contributed by atoms with Crippen LogP contribution < -0.4 is 0 Å². The maximum Gasteiger partial charge on any atom is 0.0700 e. The van der Waals surface area contributed by atoms with Gasteiger partial charge in [-0.05, 0) is 20.3 Å². The molecule has 0 rings (SSSR count). The van der Waals surface area contributed by atoms with Crippen LogP contribution in [0.25, 0.3) is 0 Å². The lowest BCUT2D eigenvalue weighted by Crippen LogP contribution is -2.30. The fourth-order valence-corrected chi connectivity index (χ4v) is 4.91. The summed E-state index contributed by atoms with van der Waals surface area (Å²) in [6.45, 7) is 9.62. The van der Waals surface area contributed by atoms with E-state index in [9.17, 15) is 0 Å². The molecule has 0 aliphatic heterocycles. The van der Waals surface area contributed by atoms with Crippen LogP contribution in [-0.2, 0) is 0 Å². The van der Waals surface area contributed by atoms with Gasteiger partial charge in [0.2, 0.25) is 0 Å². The largest absolute Gasteiger partial charge is 0.396 e. The molecule has 0 unspecified atom stereocenters. The second-order valence-electron chi connectivity index (χ2n) is 4.34. The highest BCUT2D eigenvalue weighted by molar-refractivity contribution is 6.91.